The van der Waals surface area contributed by atoms with Gasteiger partial charge in [0.05, 0.1) is 19.6 Å². The highest BCUT2D eigenvalue weighted by molar-refractivity contribution is 4.45. The summed E-state index contributed by atoms with van der Waals surface area (Å²) in [6, 6.07) is 0. The highest BCUT2D eigenvalue weighted by atomic mass is 15.1. The number of hydrogen-bond donors (Lipinski definition) is 1. The van der Waals surface area contributed by atoms with E-state index in [1.165, 1.54) is 45.3 Å². The van der Waals surface area contributed by atoms with E-state index in [1.54, 1.807) is 0 Å². The third kappa shape index (κ3) is 2.35. The van der Waals surface area contributed by atoms with Gasteiger partial charge >= 0.3 is 0 Å². The Bertz CT molecular complexity index is 63.0. The van der Waals surface area contributed by atoms with Crippen LogP contribution in [0.2, 0.25) is 0 Å². The van der Waals surface area contributed by atoms with Crippen molar-refractivity contribution < 1.29 is 4.90 Å². The molecule has 0 spiro atoms. The van der Waals surface area contributed by atoms with Crippen LogP contribution in [0.1, 0.15) is 32.6 Å². The first-order valence-electron chi connectivity index (χ1n) is 4.27. The van der Waals surface area contributed by atoms with Crippen LogP contribution in [0, 0.1) is 0 Å². The number of quaternary nitrogens is 1. The molecule has 1 saturated heterocycles. The Balaban J connectivity index is 2.18. The average Bonchev–Trinajstić information content (AvgIpc) is 2.13. The molecule has 0 aromatic heterocycles. The van der Waals surface area contributed by atoms with E-state index in [9.17, 15) is 0 Å². The molecule has 1 heteroatoms. The maximum absolute atomic E-state index is 2.29. The Hall–Kier alpha value is -0.0400. The lowest BCUT2D eigenvalue weighted by Crippen LogP contribution is -3.11. The zero-order valence-corrected chi connectivity index (χ0v) is 6.45. The van der Waals surface area contributed by atoms with Gasteiger partial charge in [0.25, 0.3) is 0 Å². The van der Waals surface area contributed by atoms with Crippen LogP contribution in [-0.2, 0) is 0 Å². The van der Waals surface area contributed by atoms with E-state index in [-0.39, 0.29) is 0 Å². The van der Waals surface area contributed by atoms with Crippen LogP contribution < -0.4 is 4.90 Å². The highest BCUT2D eigenvalue weighted by Crippen LogP contribution is 1.98. The van der Waals surface area contributed by atoms with Gasteiger partial charge in [-0.15, -0.1) is 0 Å². The van der Waals surface area contributed by atoms with Gasteiger partial charge < -0.3 is 4.90 Å². The first-order valence-corrected chi connectivity index (χ1v) is 4.27. The summed E-state index contributed by atoms with van der Waals surface area (Å²) in [6.45, 7) is 6.48. The van der Waals surface area contributed by atoms with Crippen molar-refractivity contribution in [3.63, 3.8) is 0 Å². The molecule has 54 valence electrons. The van der Waals surface area contributed by atoms with Crippen LogP contribution >= 0.6 is 0 Å². The smallest absolute Gasteiger partial charge is 0.0770 e. The van der Waals surface area contributed by atoms with Crippen LogP contribution in [0.15, 0.2) is 0 Å². The molecule has 0 aliphatic carbocycles. The van der Waals surface area contributed by atoms with E-state index >= 15 is 0 Å². The Labute approximate surface area is 58.0 Å². The molecule has 1 nitrogen and oxygen atoms in total. The van der Waals surface area contributed by atoms with Gasteiger partial charge in [-0.05, 0) is 32.6 Å². The summed E-state index contributed by atoms with van der Waals surface area (Å²) in [5.74, 6) is 0. The Morgan fingerprint density at radius 3 is 2.00 bits per heavy atom. The predicted molar refractivity (Wildman–Crippen MR) is 39.7 cm³/mol. The van der Waals surface area contributed by atoms with Gasteiger partial charge in [0.15, 0.2) is 0 Å². The number of likely N-dealkylation sites (tertiary alicyclic amines) is 1. The van der Waals surface area contributed by atoms with Crippen molar-refractivity contribution in [2.45, 2.75) is 32.6 Å². The van der Waals surface area contributed by atoms with E-state index in [1.807, 2.05) is 4.90 Å². The van der Waals surface area contributed by atoms with Gasteiger partial charge in [-0.3, -0.25) is 0 Å². The Kier molecular flexibility index (Phi) is 3.05. The van der Waals surface area contributed by atoms with Gasteiger partial charge in [-0.1, -0.05) is 0 Å². The molecule has 0 aromatic carbocycles. The quantitative estimate of drug-likeness (QED) is 0.523. The predicted octanol–water partition coefficient (Wildman–Crippen LogP) is 0.465. The minimum atomic E-state index is 1.33. The molecule has 0 bridgehead atoms. The van der Waals surface area contributed by atoms with Gasteiger partial charge in [0.1, 0.15) is 0 Å². The van der Waals surface area contributed by atoms with E-state index in [4.69, 9.17) is 0 Å². The first-order chi connectivity index (χ1) is 4.43. The second kappa shape index (κ2) is 3.89. The maximum Gasteiger partial charge on any atom is 0.0770 e. The monoisotopic (exact) mass is 128 g/mol. The normalized spacial score (nSPS) is 23.7. The number of hydrogen-bond acceptors (Lipinski definition) is 0. The Morgan fingerprint density at radius 2 is 1.56 bits per heavy atom. The number of rotatable bonds is 1. The lowest BCUT2D eigenvalue weighted by atomic mass is 10.2. The zero-order chi connectivity index (χ0) is 6.53. The van der Waals surface area contributed by atoms with Crippen LogP contribution in [0.5, 0.6) is 0 Å². The minimum Gasteiger partial charge on any atom is -0.335 e. The van der Waals surface area contributed by atoms with Crippen molar-refractivity contribution >= 4 is 0 Å². The van der Waals surface area contributed by atoms with Gasteiger partial charge in [0.2, 0.25) is 0 Å². The van der Waals surface area contributed by atoms with Gasteiger partial charge in [-0.25, -0.2) is 0 Å². The maximum atomic E-state index is 2.29. The van der Waals surface area contributed by atoms with Crippen LogP contribution in [0.25, 0.3) is 0 Å². The second-order valence-corrected chi connectivity index (χ2v) is 3.02. The molecule has 1 aliphatic rings. The summed E-state index contributed by atoms with van der Waals surface area (Å²) in [6.07, 6.45) is 5.87. The molecule has 1 N–H and O–H groups in total. The van der Waals surface area contributed by atoms with Crippen molar-refractivity contribution in [1.29, 1.82) is 0 Å². The summed E-state index contributed by atoms with van der Waals surface area (Å²) in [5, 5.41) is 0. The fourth-order valence-corrected chi connectivity index (χ4v) is 1.58. The van der Waals surface area contributed by atoms with Crippen molar-refractivity contribution in [3.8, 4) is 0 Å². The summed E-state index contributed by atoms with van der Waals surface area (Å²) in [5.41, 5.74) is 0. The molecule has 0 unspecified atom stereocenters. The molecule has 0 atom stereocenters. The SMILES string of the molecule is CC[NH+]1CCCCCC1. The van der Waals surface area contributed by atoms with E-state index in [0.717, 1.165) is 0 Å². The molecular weight excluding hydrogens is 110 g/mol. The van der Waals surface area contributed by atoms with Crippen molar-refractivity contribution in [2.75, 3.05) is 19.6 Å². The zero-order valence-electron chi connectivity index (χ0n) is 6.45. The molecule has 1 heterocycles. The first kappa shape index (κ1) is 7.07. The molecule has 1 rings (SSSR count). The molecule has 0 saturated carbocycles. The van der Waals surface area contributed by atoms with Gasteiger partial charge in [-0.2, -0.15) is 0 Å². The number of nitrogens with one attached hydrogen (secondary N) is 1. The van der Waals surface area contributed by atoms with Crippen molar-refractivity contribution in [1.82, 2.24) is 0 Å². The van der Waals surface area contributed by atoms with Crippen molar-refractivity contribution in [3.05, 3.63) is 0 Å². The molecule has 0 radical (unpaired) electrons. The summed E-state index contributed by atoms with van der Waals surface area (Å²) < 4.78 is 0. The molecular formula is C8H18N+. The van der Waals surface area contributed by atoms with Crippen LogP contribution in [-0.4, -0.2) is 19.6 Å². The third-order valence-corrected chi connectivity index (χ3v) is 2.31. The molecule has 0 amide bonds. The van der Waals surface area contributed by atoms with Crippen LogP contribution in [0.4, 0.5) is 0 Å². The van der Waals surface area contributed by atoms with E-state index in [2.05, 4.69) is 6.92 Å². The summed E-state index contributed by atoms with van der Waals surface area (Å²) >= 11 is 0. The second-order valence-electron chi connectivity index (χ2n) is 3.02. The van der Waals surface area contributed by atoms with Gasteiger partial charge in [0, 0.05) is 0 Å². The van der Waals surface area contributed by atoms with E-state index < -0.39 is 0 Å². The molecule has 0 aromatic rings. The largest absolute Gasteiger partial charge is 0.335 e. The summed E-state index contributed by atoms with van der Waals surface area (Å²) in [7, 11) is 0. The minimum absolute atomic E-state index is 1.33. The molecule has 1 fully saturated rings. The fourth-order valence-electron chi connectivity index (χ4n) is 1.58. The summed E-state index contributed by atoms with van der Waals surface area (Å²) in [4.78, 5) is 1.81. The van der Waals surface area contributed by atoms with Crippen molar-refractivity contribution in [2.24, 2.45) is 0 Å². The van der Waals surface area contributed by atoms with E-state index in [0.29, 0.717) is 0 Å². The fraction of sp³-hybridized carbons (Fsp3) is 1.00. The molecule has 9 heavy (non-hydrogen) atoms. The molecule has 1 aliphatic heterocycles. The lowest BCUT2D eigenvalue weighted by molar-refractivity contribution is -0.897. The third-order valence-electron chi connectivity index (χ3n) is 2.31. The average molecular weight is 128 g/mol. The standard InChI is InChI=1S/C8H17N/c1-2-9-7-5-3-4-6-8-9/h2-8H2,1H3/p+1. The van der Waals surface area contributed by atoms with Crippen LogP contribution in [0.3, 0.4) is 0 Å². The highest BCUT2D eigenvalue weighted by Gasteiger charge is 2.08. The lowest BCUT2D eigenvalue weighted by Gasteiger charge is -2.13. The topological polar surface area (TPSA) is 4.44 Å². The Morgan fingerprint density at radius 1 is 1.00 bits per heavy atom.